The van der Waals surface area contributed by atoms with Gasteiger partial charge in [0.1, 0.15) is 6.34 Å². The van der Waals surface area contributed by atoms with E-state index in [0.29, 0.717) is 18.8 Å². The number of aliphatic hydroxyl groups is 1. The highest BCUT2D eigenvalue weighted by molar-refractivity contribution is 5.86. The highest BCUT2D eigenvalue weighted by atomic mass is 16.3. The van der Waals surface area contributed by atoms with Gasteiger partial charge in [-0.25, -0.2) is 9.80 Å². The second-order valence-corrected chi connectivity index (χ2v) is 3.93. The van der Waals surface area contributed by atoms with Crippen LogP contribution in [0.3, 0.4) is 0 Å². The number of hydrazone groups is 1. The van der Waals surface area contributed by atoms with Crippen LogP contribution >= 0.6 is 0 Å². The first kappa shape index (κ1) is 15.6. The van der Waals surface area contributed by atoms with Crippen LogP contribution in [-0.2, 0) is 0 Å². The van der Waals surface area contributed by atoms with Gasteiger partial charge in [-0.15, -0.1) is 0 Å². The largest absolute Gasteiger partial charge is 0.494 e. The highest BCUT2D eigenvalue weighted by Gasteiger charge is 2.09. The van der Waals surface area contributed by atoms with E-state index in [1.54, 1.807) is 17.0 Å². The van der Waals surface area contributed by atoms with Gasteiger partial charge in [0.15, 0.2) is 0 Å². The van der Waals surface area contributed by atoms with Crippen LogP contribution in [0.2, 0.25) is 0 Å². The van der Waals surface area contributed by atoms with E-state index in [2.05, 4.69) is 17.0 Å². The summed E-state index contributed by atoms with van der Waals surface area (Å²) in [5, 5.41) is 17.3. The Morgan fingerprint density at radius 2 is 1.95 bits per heavy atom. The molecule has 108 valence electrons. The van der Waals surface area contributed by atoms with Crippen molar-refractivity contribution in [1.82, 2.24) is 10.2 Å². The molecular weight excluding hydrogens is 256 g/mol. The molecule has 0 heterocycles. The minimum Gasteiger partial charge on any atom is -0.494 e. The molecule has 0 unspecified atom stereocenters. The average Bonchev–Trinajstić information content (AvgIpc) is 2.45. The number of nitrogens with one attached hydrogen (secondary N) is 1. The molecule has 1 rings (SSSR count). The SMILES string of the molecule is C=C(O)N(/N=C\NC(=O)N(CC)CC)c1ccccc1. The highest BCUT2D eigenvalue weighted by Crippen LogP contribution is 2.16. The van der Waals surface area contributed by atoms with Crippen LogP contribution in [0.15, 0.2) is 47.9 Å². The predicted octanol–water partition coefficient (Wildman–Crippen LogP) is 2.52. The van der Waals surface area contributed by atoms with Gasteiger partial charge in [0, 0.05) is 13.1 Å². The van der Waals surface area contributed by atoms with Gasteiger partial charge in [0.25, 0.3) is 0 Å². The maximum absolute atomic E-state index is 11.7. The van der Waals surface area contributed by atoms with Gasteiger partial charge in [0.2, 0.25) is 5.88 Å². The Kier molecular flexibility index (Phi) is 6.09. The van der Waals surface area contributed by atoms with Crippen molar-refractivity contribution in [2.24, 2.45) is 5.10 Å². The van der Waals surface area contributed by atoms with Gasteiger partial charge in [0.05, 0.1) is 5.69 Å². The minimum absolute atomic E-state index is 0.232. The lowest BCUT2D eigenvalue weighted by molar-refractivity contribution is 0.209. The fourth-order valence-electron chi connectivity index (χ4n) is 1.60. The standard InChI is InChI=1S/C14H20N4O2/c1-4-17(5-2)14(20)15-11-16-18(12(3)19)13-9-7-6-8-10-13/h6-11,19H,3-5H2,1-2H3,(H,15,16,20). The van der Waals surface area contributed by atoms with E-state index in [1.165, 1.54) is 11.3 Å². The molecule has 6 heteroatoms. The van der Waals surface area contributed by atoms with E-state index in [-0.39, 0.29) is 11.9 Å². The fraction of sp³-hybridized carbons (Fsp3) is 0.286. The number of para-hydroxylation sites is 1. The van der Waals surface area contributed by atoms with Crippen molar-refractivity contribution in [1.29, 1.82) is 0 Å². The second-order valence-electron chi connectivity index (χ2n) is 3.93. The normalized spacial score (nSPS) is 10.3. The molecule has 0 bridgehead atoms. The molecule has 0 aliphatic heterocycles. The Morgan fingerprint density at radius 1 is 1.35 bits per heavy atom. The van der Waals surface area contributed by atoms with Gasteiger partial charge < -0.3 is 10.0 Å². The number of aliphatic hydroxyl groups excluding tert-OH is 1. The molecule has 20 heavy (non-hydrogen) atoms. The number of urea groups is 1. The van der Waals surface area contributed by atoms with E-state index in [9.17, 15) is 9.90 Å². The molecule has 6 nitrogen and oxygen atoms in total. The second kappa shape index (κ2) is 7.83. The lowest BCUT2D eigenvalue weighted by Crippen LogP contribution is -2.39. The molecule has 0 fully saturated rings. The van der Waals surface area contributed by atoms with Crippen molar-refractivity contribution in [3.8, 4) is 0 Å². The van der Waals surface area contributed by atoms with Crippen LogP contribution in [0, 0.1) is 0 Å². The molecule has 0 aromatic heterocycles. The van der Waals surface area contributed by atoms with Crippen molar-refractivity contribution in [2.75, 3.05) is 18.1 Å². The molecule has 2 amide bonds. The maximum Gasteiger partial charge on any atom is 0.322 e. The van der Waals surface area contributed by atoms with Gasteiger partial charge in [-0.1, -0.05) is 18.2 Å². The fourth-order valence-corrected chi connectivity index (χ4v) is 1.60. The molecule has 1 aromatic rings. The Balaban J connectivity index is 2.70. The van der Waals surface area contributed by atoms with Crippen LogP contribution in [0.25, 0.3) is 0 Å². The van der Waals surface area contributed by atoms with E-state index in [1.807, 2.05) is 32.0 Å². The minimum atomic E-state index is -0.240. The van der Waals surface area contributed by atoms with Gasteiger partial charge >= 0.3 is 6.03 Å². The molecule has 1 aromatic carbocycles. The molecule has 0 aliphatic carbocycles. The molecule has 2 N–H and O–H groups in total. The number of carbonyl (C=O) groups excluding carboxylic acids is 1. The predicted molar refractivity (Wildman–Crippen MR) is 80.6 cm³/mol. The summed E-state index contributed by atoms with van der Waals surface area (Å²) in [7, 11) is 0. The summed E-state index contributed by atoms with van der Waals surface area (Å²) in [6.07, 6.45) is 1.23. The number of nitrogens with zero attached hydrogens (tertiary/aromatic N) is 3. The molecule has 0 saturated heterocycles. The molecule has 0 radical (unpaired) electrons. The van der Waals surface area contributed by atoms with Crippen LogP contribution in [0.5, 0.6) is 0 Å². The number of hydrogen-bond donors (Lipinski definition) is 2. The first-order valence-electron chi connectivity index (χ1n) is 6.41. The van der Waals surface area contributed by atoms with E-state index >= 15 is 0 Å². The molecule has 0 aliphatic rings. The Hall–Kier alpha value is -2.50. The number of benzene rings is 1. The monoisotopic (exact) mass is 276 g/mol. The van der Waals surface area contributed by atoms with Crippen LogP contribution in [-0.4, -0.2) is 35.5 Å². The summed E-state index contributed by atoms with van der Waals surface area (Å²) in [6.45, 7) is 8.46. The van der Waals surface area contributed by atoms with Gasteiger partial charge in [-0.2, -0.15) is 5.10 Å². The van der Waals surface area contributed by atoms with Crippen molar-refractivity contribution < 1.29 is 9.90 Å². The Bertz CT molecular complexity index is 469. The van der Waals surface area contributed by atoms with Crippen LogP contribution < -0.4 is 10.3 Å². The Labute approximate surface area is 119 Å². The van der Waals surface area contributed by atoms with Crippen molar-refractivity contribution in [3.63, 3.8) is 0 Å². The van der Waals surface area contributed by atoms with E-state index in [0.717, 1.165) is 0 Å². The average molecular weight is 276 g/mol. The van der Waals surface area contributed by atoms with E-state index in [4.69, 9.17) is 0 Å². The summed E-state index contributed by atoms with van der Waals surface area (Å²) in [5.41, 5.74) is 0.647. The van der Waals surface area contributed by atoms with Gasteiger partial charge in [-0.05, 0) is 32.6 Å². The number of amides is 2. The van der Waals surface area contributed by atoms with Crippen molar-refractivity contribution in [3.05, 3.63) is 42.8 Å². The van der Waals surface area contributed by atoms with Crippen LogP contribution in [0.4, 0.5) is 10.5 Å². The summed E-state index contributed by atoms with van der Waals surface area (Å²) in [6, 6.07) is 8.78. The first-order valence-corrected chi connectivity index (χ1v) is 6.41. The lowest BCUT2D eigenvalue weighted by atomic mass is 10.3. The third-order valence-corrected chi connectivity index (χ3v) is 2.66. The lowest BCUT2D eigenvalue weighted by Gasteiger charge is -2.19. The summed E-state index contributed by atoms with van der Waals surface area (Å²) in [4.78, 5) is 13.3. The van der Waals surface area contributed by atoms with Gasteiger partial charge in [-0.3, -0.25) is 5.32 Å². The topological polar surface area (TPSA) is 68.2 Å². The first-order chi connectivity index (χ1) is 9.60. The molecule has 0 spiro atoms. The summed E-state index contributed by atoms with van der Waals surface area (Å²) >= 11 is 0. The van der Waals surface area contributed by atoms with Crippen molar-refractivity contribution >= 4 is 18.1 Å². The quantitative estimate of drug-likeness (QED) is 0.363. The third kappa shape index (κ3) is 4.31. The Morgan fingerprint density at radius 3 is 2.45 bits per heavy atom. The van der Waals surface area contributed by atoms with Crippen molar-refractivity contribution in [2.45, 2.75) is 13.8 Å². The zero-order valence-corrected chi connectivity index (χ0v) is 11.8. The molecule has 0 saturated carbocycles. The van der Waals surface area contributed by atoms with Crippen LogP contribution in [0.1, 0.15) is 13.8 Å². The zero-order valence-electron chi connectivity index (χ0n) is 11.8. The smallest absolute Gasteiger partial charge is 0.322 e. The summed E-state index contributed by atoms with van der Waals surface area (Å²) in [5.74, 6) is -0.232. The number of carbonyl (C=O) groups is 1. The number of anilines is 1. The maximum atomic E-state index is 11.7. The van der Waals surface area contributed by atoms with E-state index < -0.39 is 0 Å². The molecule has 0 atom stereocenters. The number of rotatable bonds is 6. The zero-order chi connectivity index (χ0) is 15.0. The third-order valence-electron chi connectivity index (χ3n) is 2.66. The number of hydrogen-bond acceptors (Lipinski definition) is 4. The summed E-state index contributed by atoms with van der Waals surface area (Å²) < 4.78 is 0. The molecular formula is C14H20N4O2.